The lowest BCUT2D eigenvalue weighted by Crippen LogP contribution is -2.32. The molecule has 1 aromatic carbocycles. The minimum atomic E-state index is -0.0636. The van der Waals surface area contributed by atoms with Crippen molar-refractivity contribution in [2.45, 2.75) is 39.2 Å². The smallest absolute Gasteiger partial charge is 0.137 e. The number of halogens is 2. The molecular formula is C18H23Cl2N3O. The van der Waals surface area contributed by atoms with Crippen molar-refractivity contribution in [3.63, 3.8) is 0 Å². The van der Waals surface area contributed by atoms with Gasteiger partial charge >= 0.3 is 0 Å². The summed E-state index contributed by atoms with van der Waals surface area (Å²) in [5.74, 6) is 0.696. The van der Waals surface area contributed by atoms with Crippen LogP contribution in [0.25, 0.3) is 0 Å². The van der Waals surface area contributed by atoms with Gasteiger partial charge in [0.2, 0.25) is 0 Å². The number of hydrogen-bond donors (Lipinski definition) is 1. The van der Waals surface area contributed by atoms with Crippen LogP contribution in [0.5, 0.6) is 0 Å². The van der Waals surface area contributed by atoms with E-state index in [1.807, 2.05) is 12.1 Å². The maximum Gasteiger partial charge on any atom is 0.137 e. The van der Waals surface area contributed by atoms with E-state index in [2.05, 4.69) is 42.5 Å². The molecule has 2 unspecified atom stereocenters. The van der Waals surface area contributed by atoms with Gasteiger partial charge in [-0.1, -0.05) is 56.1 Å². The second-order valence-electron chi connectivity index (χ2n) is 6.80. The zero-order valence-corrected chi connectivity index (χ0v) is 15.7. The van der Waals surface area contributed by atoms with Crippen molar-refractivity contribution in [2.75, 3.05) is 6.61 Å². The maximum absolute atomic E-state index is 6.44. The third kappa shape index (κ3) is 4.82. The normalized spacial score (nSPS) is 14.4. The van der Waals surface area contributed by atoms with Crippen molar-refractivity contribution in [1.82, 2.24) is 15.2 Å². The number of nitrogens with zero attached hydrogens (tertiary/aromatic N) is 2. The Morgan fingerprint density at radius 2 is 2.08 bits per heavy atom. The topological polar surface area (TPSA) is 50.8 Å². The monoisotopic (exact) mass is 367 g/mol. The largest absolute Gasteiger partial charge is 0.374 e. The van der Waals surface area contributed by atoms with Crippen LogP contribution in [-0.2, 0) is 4.74 Å². The third-order valence-electron chi connectivity index (χ3n) is 3.93. The van der Waals surface area contributed by atoms with Crippen LogP contribution >= 0.6 is 23.2 Å². The summed E-state index contributed by atoms with van der Waals surface area (Å²) >= 11 is 12.5. The van der Waals surface area contributed by atoms with Gasteiger partial charge in [0.1, 0.15) is 12.2 Å². The van der Waals surface area contributed by atoms with E-state index in [0.29, 0.717) is 23.1 Å². The predicted molar refractivity (Wildman–Crippen MR) is 98.7 cm³/mol. The molecule has 1 N–H and O–H groups in total. The molecule has 2 aromatic rings. The summed E-state index contributed by atoms with van der Waals surface area (Å²) in [6.45, 7) is 10.7. The summed E-state index contributed by atoms with van der Waals surface area (Å²) < 4.78 is 6.02. The molecule has 0 aliphatic carbocycles. The number of hydrogen-bond acceptors (Lipinski definition) is 3. The lowest BCUT2D eigenvalue weighted by Gasteiger charge is -2.33. The van der Waals surface area contributed by atoms with E-state index >= 15 is 0 Å². The maximum atomic E-state index is 6.44. The van der Waals surface area contributed by atoms with Gasteiger partial charge in [0.05, 0.1) is 12.7 Å². The standard InChI is InChI=1S/C18H23Cl2N3O/c1-5-8-24-16(18(2,3)4)10-14(17-21-11-22-23-17)13-7-6-12(19)9-15(13)20/h5-7,9,11,14,16H,1,8,10H2,2-4H3,(H,21,22,23). The highest BCUT2D eigenvalue weighted by Gasteiger charge is 2.31. The molecule has 24 heavy (non-hydrogen) atoms. The molecule has 4 nitrogen and oxygen atoms in total. The molecule has 0 fully saturated rings. The van der Waals surface area contributed by atoms with Crippen molar-refractivity contribution in [1.29, 1.82) is 0 Å². The van der Waals surface area contributed by atoms with Crippen LogP contribution in [0.15, 0.2) is 37.2 Å². The lowest BCUT2D eigenvalue weighted by molar-refractivity contribution is -0.0114. The van der Waals surface area contributed by atoms with Gasteiger partial charge in [-0.25, -0.2) is 4.98 Å². The third-order valence-corrected chi connectivity index (χ3v) is 4.50. The van der Waals surface area contributed by atoms with Gasteiger partial charge in [-0.05, 0) is 29.5 Å². The molecule has 0 saturated heterocycles. The Labute approximate surface area is 153 Å². The summed E-state index contributed by atoms with van der Waals surface area (Å²) in [7, 11) is 0. The molecule has 1 heterocycles. The molecular weight excluding hydrogens is 345 g/mol. The summed E-state index contributed by atoms with van der Waals surface area (Å²) in [5, 5.41) is 8.17. The Balaban J connectivity index is 2.37. The molecule has 0 aliphatic heterocycles. The first-order chi connectivity index (χ1) is 11.3. The summed E-state index contributed by atoms with van der Waals surface area (Å²) in [6.07, 6.45) is 3.98. The minimum Gasteiger partial charge on any atom is -0.374 e. The number of aromatic nitrogens is 3. The van der Waals surface area contributed by atoms with Gasteiger partial charge in [0.15, 0.2) is 0 Å². The van der Waals surface area contributed by atoms with Crippen molar-refractivity contribution in [2.24, 2.45) is 5.41 Å². The van der Waals surface area contributed by atoms with E-state index in [1.165, 1.54) is 6.33 Å². The van der Waals surface area contributed by atoms with E-state index in [1.54, 1.807) is 12.1 Å². The first kappa shape index (κ1) is 19.0. The Kier molecular flexibility index (Phi) is 6.44. The van der Waals surface area contributed by atoms with E-state index < -0.39 is 0 Å². The van der Waals surface area contributed by atoms with Crippen LogP contribution < -0.4 is 0 Å². The van der Waals surface area contributed by atoms with Crippen molar-refractivity contribution in [3.8, 4) is 0 Å². The van der Waals surface area contributed by atoms with E-state index in [-0.39, 0.29) is 17.4 Å². The summed E-state index contributed by atoms with van der Waals surface area (Å²) in [6, 6.07) is 5.52. The summed E-state index contributed by atoms with van der Waals surface area (Å²) in [4.78, 5) is 4.34. The fraction of sp³-hybridized carbons (Fsp3) is 0.444. The average Bonchev–Trinajstić information content (AvgIpc) is 3.01. The van der Waals surface area contributed by atoms with E-state index in [9.17, 15) is 0 Å². The quantitative estimate of drug-likeness (QED) is 0.679. The van der Waals surface area contributed by atoms with Gasteiger partial charge in [-0.2, -0.15) is 5.10 Å². The fourth-order valence-corrected chi connectivity index (χ4v) is 3.16. The molecule has 0 saturated carbocycles. The summed E-state index contributed by atoms with van der Waals surface area (Å²) in [5.41, 5.74) is 0.912. The van der Waals surface area contributed by atoms with Crippen LogP contribution in [0.3, 0.4) is 0 Å². The molecule has 0 aliphatic rings. The predicted octanol–water partition coefficient (Wildman–Crippen LogP) is 5.25. The number of ether oxygens (including phenoxy) is 1. The van der Waals surface area contributed by atoms with Crippen LogP contribution in [-0.4, -0.2) is 27.9 Å². The Morgan fingerprint density at radius 1 is 1.33 bits per heavy atom. The molecule has 0 amide bonds. The first-order valence-corrected chi connectivity index (χ1v) is 8.61. The molecule has 130 valence electrons. The van der Waals surface area contributed by atoms with Crippen LogP contribution in [0.2, 0.25) is 10.0 Å². The number of benzene rings is 1. The van der Waals surface area contributed by atoms with Gasteiger partial charge < -0.3 is 4.74 Å². The highest BCUT2D eigenvalue weighted by Crippen LogP contribution is 2.37. The Bertz CT molecular complexity index is 665. The fourth-order valence-electron chi connectivity index (χ4n) is 2.62. The molecule has 6 heteroatoms. The van der Waals surface area contributed by atoms with Gasteiger partial charge in [0.25, 0.3) is 0 Å². The average molecular weight is 368 g/mol. The lowest BCUT2D eigenvalue weighted by atomic mass is 9.81. The Hall–Kier alpha value is -1.36. The van der Waals surface area contributed by atoms with E-state index in [0.717, 1.165) is 11.4 Å². The van der Waals surface area contributed by atoms with Gasteiger partial charge in [-0.15, -0.1) is 6.58 Å². The van der Waals surface area contributed by atoms with Crippen molar-refractivity contribution in [3.05, 3.63) is 58.6 Å². The zero-order chi connectivity index (χ0) is 17.7. The number of rotatable bonds is 7. The van der Waals surface area contributed by atoms with Crippen molar-refractivity contribution < 1.29 is 4.74 Å². The number of H-pyrrole nitrogens is 1. The van der Waals surface area contributed by atoms with Gasteiger partial charge in [-0.3, -0.25) is 5.10 Å². The van der Waals surface area contributed by atoms with Crippen LogP contribution in [0, 0.1) is 5.41 Å². The second-order valence-corrected chi connectivity index (χ2v) is 7.65. The Morgan fingerprint density at radius 3 is 2.62 bits per heavy atom. The van der Waals surface area contributed by atoms with Gasteiger partial charge in [0, 0.05) is 16.0 Å². The SMILES string of the molecule is C=CCOC(CC(c1ncn[nH]1)c1ccc(Cl)cc1Cl)C(C)(C)C. The number of aromatic amines is 1. The number of nitrogens with one attached hydrogen (secondary N) is 1. The van der Waals surface area contributed by atoms with Crippen LogP contribution in [0.1, 0.15) is 44.5 Å². The van der Waals surface area contributed by atoms with Crippen LogP contribution in [0.4, 0.5) is 0 Å². The van der Waals surface area contributed by atoms with E-state index in [4.69, 9.17) is 27.9 Å². The second kappa shape index (κ2) is 8.15. The molecule has 2 atom stereocenters. The molecule has 0 bridgehead atoms. The molecule has 0 radical (unpaired) electrons. The highest BCUT2D eigenvalue weighted by atomic mass is 35.5. The molecule has 0 spiro atoms. The molecule has 2 rings (SSSR count). The highest BCUT2D eigenvalue weighted by molar-refractivity contribution is 6.35. The minimum absolute atomic E-state index is 0.00246. The zero-order valence-electron chi connectivity index (χ0n) is 14.2. The van der Waals surface area contributed by atoms with Crippen molar-refractivity contribution >= 4 is 23.2 Å². The first-order valence-electron chi connectivity index (χ1n) is 7.85. The molecule has 1 aromatic heterocycles.